The first-order valence-corrected chi connectivity index (χ1v) is 14.2. The molecule has 4 rings (SSSR count). The number of amides is 1. The van der Waals surface area contributed by atoms with E-state index in [0.717, 1.165) is 35.5 Å². The second-order valence-corrected chi connectivity index (χ2v) is 11.7. The van der Waals surface area contributed by atoms with Gasteiger partial charge in [0.2, 0.25) is 15.9 Å². The third-order valence-corrected chi connectivity index (χ3v) is 9.08. The van der Waals surface area contributed by atoms with Gasteiger partial charge in [-0.2, -0.15) is 4.31 Å². The monoisotopic (exact) mass is 510 g/mol. The van der Waals surface area contributed by atoms with Crippen LogP contribution in [0.15, 0.2) is 70.6 Å². The van der Waals surface area contributed by atoms with Crippen LogP contribution < -0.4 is 5.32 Å². The summed E-state index contributed by atoms with van der Waals surface area (Å²) in [6.07, 6.45) is 3.46. The third kappa shape index (κ3) is 6.28. The normalized spacial score (nSPS) is 15.5. The van der Waals surface area contributed by atoms with Crippen LogP contribution in [0.5, 0.6) is 0 Å². The molecule has 3 aromatic rings. The van der Waals surface area contributed by atoms with Gasteiger partial charge >= 0.3 is 0 Å². The quantitative estimate of drug-likeness (QED) is 0.333. The van der Waals surface area contributed by atoms with Crippen molar-refractivity contribution in [1.82, 2.24) is 14.3 Å². The van der Waals surface area contributed by atoms with E-state index in [2.05, 4.69) is 15.3 Å². The molecular weight excluding hydrogens is 480 g/mol. The number of thioether (sulfide) groups is 1. The Morgan fingerprint density at radius 3 is 2.37 bits per heavy atom. The van der Waals surface area contributed by atoms with Gasteiger partial charge in [0.15, 0.2) is 0 Å². The highest BCUT2D eigenvalue weighted by molar-refractivity contribution is 8.00. The highest BCUT2D eigenvalue weighted by Crippen LogP contribution is 2.29. The van der Waals surface area contributed by atoms with Gasteiger partial charge < -0.3 is 5.32 Å². The standard InChI is InChI=1S/C26H30N4O3S2/c1-3-24(34-25-18-23(27-19(2)28-25)20-10-6-4-7-11-20)26(31)29-21-12-14-22(15-13-21)35(32,33)30-16-8-5-9-17-30/h4,6-7,10-15,18,24H,3,5,8-9,16-17H2,1-2H3,(H,29,31). The zero-order valence-electron chi connectivity index (χ0n) is 20.0. The number of aromatic nitrogens is 2. The fourth-order valence-electron chi connectivity index (χ4n) is 4.01. The molecule has 1 amide bonds. The molecule has 1 fully saturated rings. The molecule has 0 bridgehead atoms. The van der Waals surface area contributed by atoms with Crippen LogP contribution >= 0.6 is 11.8 Å². The number of sulfonamides is 1. The van der Waals surface area contributed by atoms with Gasteiger partial charge in [-0.25, -0.2) is 18.4 Å². The highest BCUT2D eigenvalue weighted by atomic mass is 32.2. The van der Waals surface area contributed by atoms with Crippen LogP contribution in [0.4, 0.5) is 5.69 Å². The largest absolute Gasteiger partial charge is 0.325 e. The lowest BCUT2D eigenvalue weighted by Gasteiger charge is -2.25. The van der Waals surface area contributed by atoms with Gasteiger partial charge in [0, 0.05) is 24.3 Å². The van der Waals surface area contributed by atoms with Gasteiger partial charge in [-0.15, -0.1) is 0 Å². The van der Waals surface area contributed by atoms with Crippen molar-refractivity contribution in [2.75, 3.05) is 18.4 Å². The number of aryl methyl sites for hydroxylation is 1. The van der Waals surface area contributed by atoms with Gasteiger partial charge in [0.25, 0.3) is 0 Å². The van der Waals surface area contributed by atoms with Crippen LogP contribution in [0, 0.1) is 6.92 Å². The van der Waals surface area contributed by atoms with Crippen LogP contribution in [0.2, 0.25) is 0 Å². The maximum atomic E-state index is 13.0. The van der Waals surface area contributed by atoms with Crippen molar-refractivity contribution in [1.29, 1.82) is 0 Å². The molecule has 1 unspecified atom stereocenters. The number of nitrogens with zero attached hydrogens (tertiary/aromatic N) is 3. The Morgan fingerprint density at radius 1 is 1.03 bits per heavy atom. The number of hydrogen-bond acceptors (Lipinski definition) is 6. The predicted octanol–water partition coefficient (Wildman–Crippen LogP) is 5.14. The average Bonchev–Trinajstić information content (AvgIpc) is 2.88. The second-order valence-electron chi connectivity index (χ2n) is 8.50. The fourth-order valence-corrected chi connectivity index (χ4v) is 6.52. The van der Waals surface area contributed by atoms with Crippen LogP contribution in [-0.4, -0.2) is 46.9 Å². The van der Waals surface area contributed by atoms with E-state index in [9.17, 15) is 13.2 Å². The number of piperidine rings is 1. The summed E-state index contributed by atoms with van der Waals surface area (Å²) >= 11 is 1.40. The van der Waals surface area contributed by atoms with Crippen LogP contribution in [0.1, 0.15) is 38.4 Å². The number of hydrogen-bond donors (Lipinski definition) is 1. The summed E-state index contributed by atoms with van der Waals surface area (Å²) in [4.78, 5) is 22.3. The maximum Gasteiger partial charge on any atom is 0.243 e. The van der Waals surface area contributed by atoms with E-state index in [1.54, 1.807) is 28.6 Å². The van der Waals surface area contributed by atoms with Crippen LogP contribution in [-0.2, 0) is 14.8 Å². The van der Waals surface area contributed by atoms with Crippen molar-refractivity contribution in [3.8, 4) is 11.3 Å². The zero-order valence-corrected chi connectivity index (χ0v) is 21.6. The highest BCUT2D eigenvalue weighted by Gasteiger charge is 2.26. The first-order valence-electron chi connectivity index (χ1n) is 11.9. The molecule has 0 radical (unpaired) electrons. The molecule has 9 heteroatoms. The number of nitrogens with one attached hydrogen (secondary N) is 1. The van der Waals surface area contributed by atoms with Crippen molar-refractivity contribution in [3.63, 3.8) is 0 Å². The van der Waals surface area contributed by atoms with Gasteiger partial charge in [0.1, 0.15) is 10.9 Å². The molecule has 35 heavy (non-hydrogen) atoms. The van der Waals surface area contributed by atoms with E-state index in [-0.39, 0.29) is 16.1 Å². The summed E-state index contributed by atoms with van der Waals surface area (Å²) in [5.41, 5.74) is 2.38. The summed E-state index contributed by atoms with van der Waals surface area (Å²) in [6, 6.07) is 18.2. The first kappa shape index (κ1) is 25.3. The Morgan fingerprint density at radius 2 is 1.71 bits per heavy atom. The summed E-state index contributed by atoms with van der Waals surface area (Å²) in [5, 5.41) is 3.30. The molecule has 1 aromatic heterocycles. The Hall–Kier alpha value is -2.75. The molecule has 1 saturated heterocycles. The van der Waals surface area contributed by atoms with E-state index in [4.69, 9.17) is 0 Å². The van der Waals surface area contributed by atoms with Crippen molar-refractivity contribution < 1.29 is 13.2 Å². The number of rotatable bonds is 8. The molecule has 0 aliphatic carbocycles. The van der Waals surface area contributed by atoms with Crippen molar-refractivity contribution >= 4 is 33.4 Å². The van der Waals surface area contributed by atoms with Gasteiger partial charge in [-0.1, -0.05) is 55.4 Å². The van der Waals surface area contributed by atoms with Gasteiger partial charge in [-0.3, -0.25) is 4.79 Å². The third-order valence-electron chi connectivity index (χ3n) is 5.88. The summed E-state index contributed by atoms with van der Waals surface area (Å²) < 4.78 is 27.3. The fraction of sp³-hybridized carbons (Fsp3) is 0.346. The average molecular weight is 511 g/mol. The van der Waals surface area contributed by atoms with E-state index in [1.165, 1.54) is 11.8 Å². The van der Waals surface area contributed by atoms with Gasteiger partial charge in [0.05, 0.1) is 15.8 Å². The molecule has 1 aliphatic rings. The number of benzene rings is 2. The Labute approximate surface area is 211 Å². The molecule has 1 aliphatic heterocycles. The Kier molecular flexibility index (Phi) is 8.20. The Balaban J connectivity index is 1.44. The second kappa shape index (κ2) is 11.3. The predicted molar refractivity (Wildman–Crippen MR) is 140 cm³/mol. The van der Waals surface area contributed by atoms with Crippen molar-refractivity contribution in [2.24, 2.45) is 0 Å². The van der Waals surface area contributed by atoms with E-state index >= 15 is 0 Å². The molecule has 2 aromatic carbocycles. The lowest BCUT2D eigenvalue weighted by atomic mass is 10.1. The minimum atomic E-state index is -3.50. The topological polar surface area (TPSA) is 92.3 Å². The van der Waals surface area contributed by atoms with Crippen molar-refractivity contribution in [3.05, 3.63) is 66.5 Å². The molecule has 1 atom stereocenters. The summed E-state index contributed by atoms with van der Waals surface area (Å²) in [7, 11) is -3.50. The summed E-state index contributed by atoms with van der Waals surface area (Å²) in [6.45, 7) is 4.92. The van der Waals surface area contributed by atoms with E-state index in [1.807, 2.05) is 50.2 Å². The number of carbonyl (C=O) groups excluding carboxylic acids is 1. The summed E-state index contributed by atoms with van der Waals surface area (Å²) in [5.74, 6) is 0.497. The molecule has 7 nitrogen and oxygen atoms in total. The van der Waals surface area contributed by atoms with E-state index in [0.29, 0.717) is 31.0 Å². The Bertz CT molecular complexity index is 1260. The molecular formula is C26H30N4O3S2. The van der Waals surface area contributed by atoms with E-state index < -0.39 is 10.0 Å². The lowest BCUT2D eigenvalue weighted by molar-refractivity contribution is -0.115. The number of anilines is 1. The van der Waals surface area contributed by atoms with Crippen LogP contribution in [0.25, 0.3) is 11.3 Å². The zero-order chi connectivity index (χ0) is 24.8. The number of carbonyl (C=O) groups is 1. The first-order chi connectivity index (χ1) is 16.9. The minimum absolute atomic E-state index is 0.151. The smallest absolute Gasteiger partial charge is 0.243 e. The van der Waals surface area contributed by atoms with Crippen LogP contribution in [0.3, 0.4) is 0 Å². The molecule has 2 heterocycles. The minimum Gasteiger partial charge on any atom is -0.325 e. The van der Waals surface area contributed by atoms with Crippen molar-refractivity contribution in [2.45, 2.75) is 54.7 Å². The molecule has 0 spiro atoms. The maximum absolute atomic E-state index is 13.0. The van der Waals surface area contributed by atoms with Gasteiger partial charge in [-0.05, 0) is 56.5 Å². The molecule has 184 valence electrons. The SMILES string of the molecule is CCC(Sc1cc(-c2ccccc2)nc(C)n1)C(=O)Nc1ccc(S(=O)(=O)N2CCCCC2)cc1. The molecule has 0 saturated carbocycles. The lowest BCUT2D eigenvalue weighted by Crippen LogP contribution is -2.35. The molecule has 1 N–H and O–H groups in total.